The van der Waals surface area contributed by atoms with Crippen LogP contribution in [0, 0.1) is 0 Å². The number of amides is 1. The molecule has 0 spiro atoms. The third kappa shape index (κ3) is 4.42. The van der Waals surface area contributed by atoms with E-state index >= 15 is 0 Å². The maximum Gasteiger partial charge on any atom is 0.356 e. The molecule has 1 aromatic heterocycles. The fourth-order valence-corrected chi connectivity index (χ4v) is 1.82. The van der Waals surface area contributed by atoms with Crippen LogP contribution >= 0.6 is 0 Å². The number of benzene rings is 1. The Balaban J connectivity index is 1.85. The van der Waals surface area contributed by atoms with E-state index in [1.165, 1.54) is 4.90 Å². The van der Waals surface area contributed by atoms with Crippen molar-refractivity contribution < 1.29 is 24.2 Å². The van der Waals surface area contributed by atoms with Crippen LogP contribution in [0.5, 0.6) is 11.5 Å². The molecule has 1 aromatic carbocycles. The van der Waals surface area contributed by atoms with Gasteiger partial charge in [-0.1, -0.05) is 0 Å². The van der Waals surface area contributed by atoms with Crippen molar-refractivity contribution in [2.45, 2.75) is 0 Å². The molecule has 8 nitrogen and oxygen atoms in total. The highest BCUT2D eigenvalue weighted by molar-refractivity contribution is 5.92. The van der Waals surface area contributed by atoms with Crippen molar-refractivity contribution in [3.8, 4) is 11.5 Å². The predicted molar refractivity (Wildman–Crippen MR) is 84.4 cm³/mol. The molecule has 0 radical (unpaired) electrons. The van der Waals surface area contributed by atoms with Crippen LogP contribution in [-0.2, 0) is 0 Å². The van der Waals surface area contributed by atoms with Gasteiger partial charge in [0.05, 0.1) is 26.0 Å². The molecule has 1 amide bonds. The smallest absolute Gasteiger partial charge is 0.356 e. The van der Waals surface area contributed by atoms with Crippen molar-refractivity contribution in [3.05, 3.63) is 48.0 Å². The van der Waals surface area contributed by atoms with Crippen LogP contribution in [0.3, 0.4) is 0 Å². The fraction of sp³-hybridized carbons (Fsp3) is 0.250. The van der Waals surface area contributed by atoms with Crippen LogP contribution < -0.4 is 9.47 Å². The number of ether oxygens (including phenoxy) is 2. The summed E-state index contributed by atoms with van der Waals surface area (Å²) in [6, 6.07) is 7.11. The average molecular weight is 331 g/mol. The zero-order chi connectivity index (χ0) is 17.5. The molecule has 2 rings (SSSR count). The summed E-state index contributed by atoms with van der Waals surface area (Å²) >= 11 is 0. The minimum atomic E-state index is -1.19. The van der Waals surface area contributed by atoms with Gasteiger partial charge < -0.3 is 19.5 Å². The number of rotatable bonds is 7. The molecule has 1 N–H and O–H groups in total. The summed E-state index contributed by atoms with van der Waals surface area (Å²) in [6.45, 7) is 0.641. The second-order valence-electron chi connectivity index (χ2n) is 4.84. The van der Waals surface area contributed by atoms with E-state index in [2.05, 4.69) is 9.97 Å². The number of carboxylic acid groups (broad SMARTS) is 1. The molecule has 0 fully saturated rings. The van der Waals surface area contributed by atoms with Gasteiger partial charge in [-0.3, -0.25) is 4.79 Å². The lowest BCUT2D eigenvalue weighted by Crippen LogP contribution is -2.31. The van der Waals surface area contributed by atoms with E-state index in [4.69, 9.17) is 14.6 Å². The summed E-state index contributed by atoms with van der Waals surface area (Å²) in [5.74, 6) is -0.152. The standard InChI is InChI=1S/C16H17N3O5/c1-19(7-8-24-12-5-3-11(23-2)4-6-12)15(20)13-9-18-14(10-17-13)16(21)22/h3-6,9-10H,7-8H2,1-2H3,(H,21,22). The van der Waals surface area contributed by atoms with Crippen LogP contribution in [0.1, 0.15) is 21.0 Å². The monoisotopic (exact) mass is 331 g/mol. The summed E-state index contributed by atoms with van der Waals surface area (Å²) in [5.41, 5.74) is -0.135. The Hall–Kier alpha value is -3.16. The van der Waals surface area contributed by atoms with E-state index in [1.54, 1.807) is 38.4 Å². The Bertz CT molecular complexity index is 701. The SMILES string of the molecule is COc1ccc(OCCN(C)C(=O)c2cnc(C(=O)O)cn2)cc1. The van der Waals surface area contributed by atoms with E-state index in [0.717, 1.165) is 18.1 Å². The maximum absolute atomic E-state index is 12.2. The fourth-order valence-electron chi connectivity index (χ4n) is 1.82. The van der Waals surface area contributed by atoms with Gasteiger partial charge in [0, 0.05) is 7.05 Å². The van der Waals surface area contributed by atoms with Gasteiger partial charge in [0.25, 0.3) is 5.91 Å². The number of carboxylic acids is 1. The zero-order valence-electron chi connectivity index (χ0n) is 13.3. The normalized spacial score (nSPS) is 10.1. The van der Waals surface area contributed by atoms with Crippen molar-refractivity contribution in [2.24, 2.45) is 0 Å². The first-order chi connectivity index (χ1) is 11.5. The number of likely N-dealkylation sites (N-methyl/N-ethyl adjacent to an activating group) is 1. The van der Waals surface area contributed by atoms with Gasteiger partial charge in [-0.05, 0) is 24.3 Å². The first-order valence-electron chi connectivity index (χ1n) is 7.09. The quantitative estimate of drug-likeness (QED) is 0.816. The summed E-state index contributed by atoms with van der Waals surface area (Å²) in [5, 5.41) is 8.76. The molecule has 0 saturated carbocycles. The lowest BCUT2D eigenvalue weighted by Gasteiger charge is -2.17. The maximum atomic E-state index is 12.2. The third-order valence-electron chi connectivity index (χ3n) is 3.19. The summed E-state index contributed by atoms with van der Waals surface area (Å²) in [4.78, 5) is 31.8. The highest BCUT2D eigenvalue weighted by Gasteiger charge is 2.15. The number of aromatic nitrogens is 2. The highest BCUT2D eigenvalue weighted by Crippen LogP contribution is 2.16. The van der Waals surface area contributed by atoms with Crippen LogP contribution in [0.2, 0.25) is 0 Å². The second kappa shape index (κ2) is 7.91. The van der Waals surface area contributed by atoms with E-state index < -0.39 is 5.97 Å². The number of hydrogen-bond acceptors (Lipinski definition) is 6. The predicted octanol–water partition coefficient (Wildman–Crippen LogP) is 1.33. The molecule has 0 aliphatic rings. The number of nitrogens with zero attached hydrogens (tertiary/aromatic N) is 3. The van der Waals surface area contributed by atoms with Crippen LogP contribution in [-0.4, -0.2) is 59.2 Å². The van der Waals surface area contributed by atoms with Crippen molar-refractivity contribution in [1.82, 2.24) is 14.9 Å². The molecule has 0 bridgehead atoms. The molecule has 126 valence electrons. The van der Waals surface area contributed by atoms with E-state index in [9.17, 15) is 9.59 Å². The van der Waals surface area contributed by atoms with Crippen LogP contribution in [0.4, 0.5) is 0 Å². The molecule has 1 heterocycles. The number of methoxy groups -OCH3 is 1. The molecule has 0 aliphatic heterocycles. The minimum Gasteiger partial charge on any atom is -0.497 e. The first-order valence-corrected chi connectivity index (χ1v) is 7.09. The van der Waals surface area contributed by atoms with Crippen molar-refractivity contribution in [2.75, 3.05) is 27.3 Å². The van der Waals surface area contributed by atoms with Crippen LogP contribution in [0.25, 0.3) is 0 Å². The average Bonchev–Trinajstić information content (AvgIpc) is 2.61. The molecule has 0 unspecified atom stereocenters. The first kappa shape index (κ1) is 17.2. The van der Waals surface area contributed by atoms with E-state index in [-0.39, 0.29) is 17.3 Å². The third-order valence-corrected chi connectivity index (χ3v) is 3.19. The molecule has 0 atom stereocenters. The molecule has 8 heteroatoms. The van der Waals surface area contributed by atoms with Gasteiger partial charge in [0.1, 0.15) is 23.8 Å². The largest absolute Gasteiger partial charge is 0.497 e. The van der Waals surface area contributed by atoms with E-state index in [1.807, 2.05) is 0 Å². The summed E-state index contributed by atoms with van der Waals surface area (Å²) in [7, 11) is 3.19. The number of carbonyl (C=O) groups is 2. The lowest BCUT2D eigenvalue weighted by atomic mass is 10.3. The second-order valence-corrected chi connectivity index (χ2v) is 4.84. The van der Waals surface area contributed by atoms with Crippen molar-refractivity contribution in [1.29, 1.82) is 0 Å². The van der Waals surface area contributed by atoms with Gasteiger partial charge >= 0.3 is 5.97 Å². The summed E-state index contributed by atoms with van der Waals surface area (Å²) < 4.78 is 10.6. The number of aromatic carboxylic acids is 1. The van der Waals surface area contributed by atoms with E-state index in [0.29, 0.717) is 18.9 Å². The molecule has 2 aromatic rings. The van der Waals surface area contributed by atoms with Crippen molar-refractivity contribution >= 4 is 11.9 Å². The van der Waals surface area contributed by atoms with Gasteiger partial charge in [0.2, 0.25) is 0 Å². The van der Waals surface area contributed by atoms with Crippen molar-refractivity contribution in [3.63, 3.8) is 0 Å². The van der Waals surface area contributed by atoms with Gasteiger partial charge in [-0.25, -0.2) is 14.8 Å². The number of carbonyl (C=O) groups excluding carboxylic acids is 1. The minimum absolute atomic E-state index is 0.0759. The molecular weight excluding hydrogens is 314 g/mol. The Kier molecular flexibility index (Phi) is 5.67. The Labute approximate surface area is 138 Å². The highest BCUT2D eigenvalue weighted by atomic mass is 16.5. The van der Waals surface area contributed by atoms with Gasteiger partial charge in [-0.2, -0.15) is 0 Å². The summed E-state index contributed by atoms with van der Waals surface area (Å²) in [6.07, 6.45) is 2.20. The topological polar surface area (TPSA) is 102 Å². The zero-order valence-corrected chi connectivity index (χ0v) is 13.3. The molecule has 0 saturated heterocycles. The lowest BCUT2D eigenvalue weighted by molar-refractivity contribution is 0.0686. The Morgan fingerprint density at radius 2 is 1.67 bits per heavy atom. The number of hydrogen-bond donors (Lipinski definition) is 1. The van der Waals surface area contributed by atoms with Gasteiger partial charge in [0.15, 0.2) is 5.69 Å². The van der Waals surface area contributed by atoms with Crippen LogP contribution in [0.15, 0.2) is 36.7 Å². The molecule has 0 aliphatic carbocycles. The Morgan fingerprint density at radius 3 is 2.21 bits per heavy atom. The molecular formula is C16H17N3O5. The van der Waals surface area contributed by atoms with Gasteiger partial charge in [-0.15, -0.1) is 0 Å². The molecule has 24 heavy (non-hydrogen) atoms. The Morgan fingerprint density at radius 1 is 1.08 bits per heavy atom.